The van der Waals surface area contributed by atoms with E-state index in [0.29, 0.717) is 16.7 Å². The Labute approximate surface area is 745 Å². The number of aliphatic hydroxyl groups excluding tert-OH is 1. The second-order valence-electron chi connectivity index (χ2n) is 31.3. The number of carboxylic acid groups (broad SMARTS) is 5. The van der Waals surface area contributed by atoms with Gasteiger partial charge in [0.05, 0.1) is 56.9 Å². The highest BCUT2D eigenvalue weighted by molar-refractivity contribution is 6.02. The summed E-state index contributed by atoms with van der Waals surface area (Å²) in [5.74, 6) is -26.8. The van der Waals surface area contributed by atoms with Crippen LogP contribution in [0.25, 0.3) is 10.9 Å². The number of aliphatic carboxylic acids is 5. The molecule has 1 aliphatic heterocycles. The average Bonchev–Trinajstić information content (AvgIpc) is 1.71. The van der Waals surface area contributed by atoms with Gasteiger partial charge in [0.25, 0.3) is 0 Å². The highest BCUT2D eigenvalue weighted by Gasteiger charge is 2.42. The number of carboxylic acids is 5. The third-order valence-electron chi connectivity index (χ3n) is 20.5. The van der Waals surface area contributed by atoms with Crippen LogP contribution in [0.3, 0.4) is 0 Å². The number of fused-ring (bicyclic) bond motifs is 1. The molecule has 6 aromatic rings. The molecular weight excluding hydrogens is 1720 g/mol. The number of H-pyrrole nitrogens is 2. The Morgan fingerprint density at radius 1 is 0.450 bits per heavy atom. The molecule has 0 spiro atoms. The molecule has 3 heterocycles. The van der Waals surface area contributed by atoms with Gasteiger partial charge < -0.3 is 136 Å². The normalized spacial score (nSPS) is 15.2. The fraction of sp³-hybridized carbons (Fsp3) is 0.417. The van der Waals surface area contributed by atoms with E-state index in [-0.39, 0.29) is 67.8 Å². The second-order valence-corrected chi connectivity index (χ2v) is 31.3. The Balaban J connectivity index is 1.05. The quantitative estimate of drug-likeness (QED) is 0.0169. The van der Waals surface area contributed by atoms with Crippen molar-refractivity contribution < 1.29 is 137 Å². The number of hydrogen-bond donors (Lipinski definition) is 25. The van der Waals surface area contributed by atoms with Crippen molar-refractivity contribution in [2.45, 2.75) is 195 Å². The maximum atomic E-state index is 15.0. The summed E-state index contributed by atoms with van der Waals surface area (Å²) in [5, 5.41) is 110. The van der Waals surface area contributed by atoms with Gasteiger partial charge in [0, 0.05) is 68.4 Å². The van der Waals surface area contributed by atoms with Crippen LogP contribution in [0.5, 0.6) is 11.5 Å². The van der Waals surface area contributed by atoms with E-state index in [1.54, 1.807) is 74.6 Å². The number of aromatic hydroxyl groups is 2. The van der Waals surface area contributed by atoms with Crippen LogP contribution in [0.4, 0.5) is 0 Å². The molecular formula is C84H105N19O28. The number of likely N-dealkylation sites (tertiary alicyclic amines) is 1. The van der Waals surface area contributed by atoms with Crippen LogP contribution in [0.15, 0.2) is 122 Å². The van der Waals surface area contributed by atoms with E-state index < -0.39 is 273 Å². The van der Waals surface area contributed by atoms with E-state index in [2.05, 4.69) is 73.4 Å². The third kappa shape index (κ3) is 33.4. The number of primary amides is 1. The van der Waals surface area contributed by atoms with E-state index >= 15 is 0 Å². The van der Waals surface area contributed by atoms with Crippen molar-refractivity contribution in [2.24, 2.45) is 17.4 Å². The van der Waals surface area contributed by atoms with E-state index in [0.717, 1.165) is 10.9 Å². The van der Waals surface area contributed by atoms with Crippen LogP contribution < -0.4 is 80.6 Å². The lowest BCUT2D eigenvalue weighted by atomic mass is 10.00. The first kappa shape index (κ1) is 103. The molecule has 0 radical (unpaired) electrons. The molecule has 15 amide bonds. The molecule has 47 heteroatoms. The lowest BCUT2D eigenvalue weighted by Gasteiger charge is -2.30. The number of benzene rings is 4. The van der Waals surface area contributed by atoms with Crippen LogP contribution in [0.1, 0.15) is 107 Å². The molecule has 27 N–H and O–H groups in total. The highest BCUT2D eigenvalue weighted by Crippen LogP contribution is 2.24. The number of imidazole rings is 1. The molecule has 0 aliphatic carbocycles. The first-order valence-electron chi connectivity index (χ1n) is 41.1. The van der Waals surface area contributed by atoms with Gasteiger partial charge in [0.1, 0.15) is 90.0 Å². The van der Waals surface area contributed by atoms with Gasteiger partial charge in [-0.3, -0.25) is 91.1 Å². The maximum absolute atomic E-state index is 15.0. The topological polar surface area (TPSA) is 759 Å². The average molecular weight is 1830 g/mol. The Bertz CT molecular complexity index is 5110. The smallest absolute Gasteiger partial charge is 0.326 e. The Kier molecular flexibility index (Phi) is 38.9. The SMILES string of the molecule is CC(C)C[C@H](NC(=O)[C@H](Cc1ccc(O)cc1)NC(=O)[C@H](CC(=O)O)NC(=O)CNC(=O)[C@H](CC(=O)O)NC(=O)[C@H](Cc1c[nH]cn1)NC(=O)[C@H](Cc1ccccc1)NC(=O)[C@@H]1CCCN1C(=O)[C@H](Cc1ccc(O)cc1)NC(=O)CNC(=O)[C@H](Cc1c[nH]c2ccccc12)NC(=O)[C@@H](N)[C@@H](C)O)C(=O)N[C@@H](CC(N)=O)C(=O)N[C@@H](CC(=O)O)C(=O)N[C@@H](CCC(=O)O)C(=O)O. The predicted octanol–water partition coefficient (Wildman–Crippen LogP) is -5.63. The van der Waals surface area contributed by atoms with Gasteiger partial charge in [0.15, 0.2) is 0 Å². The summed E-state index contributed by atoms with van der Waals surface area (Å²) >= 11 is 0. The largest absolute Gasteiger partial charge is 0.508 e. The number of amides is 15. The molecule has 2 aromatic heterocycles. The first-order chi connectivity index (χ1) is 62.0. The second kappa shape index (κ2) is 49.6. The number of phenols is 2. The molecule has 0 saturated carbocycles. The lowest BCUT2D eigenvalue weighted by Crippen LogP contribution is -2.61. The molecule has 1 fully saturated rings. The summed E-state index contributed by atoms with van der Waals surface area (Å²) in [4.78, 5) is 282. The summed E-state index contributed by atoms with van der Waals surface area (Å²) < 4.78 is 0. The Morgan fingerprint density at radius 2 is 0.870 bits per heavy atom. The summed E-state index contributed by atoms with van der Waals surface area (Å²) in [6.07, 6.45) is -5.14. The van der Waals surface area contributed by atoms with Gasteiger partial charge in [-0.2, -0.15) is 0 Å². The van der Waals surface area contributed by atoms with Crippen molar-refractivity contribution in [3.63, 3.8) is 0 Å². The van der Waals surface area contributed by atoms with Gasteiger partial charge in [-0.15, -0.1) is 0 Å². The van der Waals surface area contributed by atoms with E-state index in [4.69, 9.17) is 16.6 Å². The summed E-state index contributed by atoms with van der Waals surface area (Å²) in [6.45, 7) is 2.37. The number of carbonyl (C=O) groups excluding carboxylic acids is 15. The zero-order chi connectivity index (χ0) is 96.5. The summed E-state index contributed by atoms with van der Waals surface area (Å²) in [6, 6.07) is 2.76. The van der Waals surface area contributed by atoms with Crippen LogP contribution in [-0.2, 0) is 128 Å². The number of nitrogens with two attached hydrogens (primary N) is 2. The van der Waals surface area contributed by atoms with Crippen molar-refractivity contribution in [3.8, 4) is 11.5 Å². The molecule has 14 atom stereocenters. The third-order valence-corrected chi connectivity index (χ3v) is 20.5. The van der Waals surface area contributed by atoms with Crippen molar-refractivity contribution in [2.75, 3.05) is 19.6 Å². The number of phenolic OH excluding ortho intramolecular Hbond substituents is 2. The number of rotatable bonds is 52. The summed E-state index contributed by atoms with van der Waals surface area (Å²) in [5.41, 5.74) is 13.8. The Hall–Kier alpha value is -15.5. The van der Waals surface area contributed by atoms with Crippen molar-refractivity contribution >= 4 is 129 Å². The van der Waals surface area contributed by atoms with Crippen LogP contribution >= 0.6 is 0 Å². The maximum Gasteiger partial charge on any atom is 0.326 e. The minimum absolute atomic E-state index is 0.00279. The number of hydrogen-bond acceptors (Lipinski definition) is 25. The standard InChI is InChI=1S/C84H105N19O28/c1-41(2)26-53(74(120)98-58(32-64(85)107)78(124)100-61(35-70(116)117)80(126)94-52(84(130)131)23-24-67(110)111)95-75(121)54(28-44-15-19-48(105)20-16-44)96-79(125)60(34-69(114)115)92-65(108)38-90-73(119)59(33-68(112)113)99-77(123)57(31-47-37-87-40-91-47)97-76(122)55(27-43-10-5-4-6-11-43)101-81(127)63-14-9-25-103(63)83(129)62(29-45-17-21-49(106)22-18-45)93-66(109)39-89-72(118)56(102-82(128)71(86)42(3)104)30-46-36-88-51-13-8-7-12-50(46)51/h4-8,10-13,15-22,36-37,40-42,52-63,71,88,104-106H,9,14,23-35,38-39,86H2,1-3H3,(H2,85,107)(H,87,91)(H,89,118)(H,90,119)(H,92,108)(H,93,109)(H,94,126)(H,95,121)(H,96,125)(H,97,122)(H,98,120)(H,99,123)(H,100,124)(H,101,127)(H,102,128)(H,110,111)(H,112,113)(H,114,115)(H,116,117)(H,130,131)/t42-,52+,53+,54+,55+,56+,57+,58+,59+,60+,61+,62+,63+,71+/m1/s1. The molecule has 0 bridgehead atoms. The molecule has 1 saturated heterocycles. The van der Waals surface area contributed by atoms with E-state index in [1.165, 1.54) is 72.9 Å². The van der Waals surface area contributed by atoms with Gasteiger partial charge >= 0.3 is 29.8 Å². The van der Waals surface area contributed by atoms with Crippen molar-refractivity contribution in [3.05, 3.63) is 150 Å². The molecule has 1 aliphatic rings. The molecule has 47 nitrogen and oxygen atoms in total. The van der Waals surface area contributed by atoms with Gasteiger partial charge in [-0.05, 0) is 91.1 Å². The fourth-order valence-electron chi connectivity index (χ4n) is 13.8. The van der Waals surface area contributed by atoms with Gasteiger partial charge in [0.2, 0.25) is 88.6 Å². The Morgan fingerprint density at radius 3 is 1.37 bits per heavy atom. The number of aromatic nitrogens is 3. The highest BCUT2D eigenvalue weighted by atomic mass is 16.4. The van der Waals surface area contributed by atoms with Crippen molar-refractivity contribution in [1.29, 1.82) is 0 Å². The molecule has 4 aromatic carbocycles. The van der Waals surface area contributed by atoms with E-state index in [9.17, 15) is 132 Å². The van der Waals surface area contributed by atoms with Gasteiger partial charge in [-0.1, -0.05) is 86.6 Å². The lowest BCUT2D eigenvalue weighted by molar-refractivity contribution is -0.145. The minimum Gasteiger partial charge on any atom is -0.508 e. The zero-order valence-electron chi connectivity index (χ0n) is 71.0. The minimum atomic E-state index is -2.15. The molecule has 704 valence electrons. The number of nitrogens with zero attached hydrogens (tertiary/aromatic N) is 2. The van der Waals surface area contributed by atoms with Crippen molar-refractivity contribution in [1.82, 2.24) is 89.0 Å². The predicted molar refractivity (Wildman–Crippen MR) is 454 cm³/mol. The van der Waals surface area contributed by atoms with Crippen LogP contribution in [0, 0.1) is 5.92 Å². The number of para-hydroxylation sites is 1. The van der Waals surface area contributed by atoms with Gasteiger partial charge in [-0.25, -0.2) is 9.78 Å². The molecule has 131 heavy (non-hydrogen) atoms. The fourth-order valence-corrected chi connectivity index (χ4v) is 13.8. The number of aromatic amines is 2. The molecule has 7 rings (SSSR count). The van der Waals surface area contributed by atoms with Crippen LogP contribution in [-0.4, -0.2) is 283 Å². The summed E-state index contributed by atoms with van der Waals surface area (Å²) in [7, 11) is 0. The first-order valence-corrected chi connectivity index (χ1v) is 41.1. The van der Waals surface area contributed by atoms with E-state index in [1.807, 2.05) is 10.6 Å². The molecule has 0 unspecified atom stereocenters. The van der Waals surface area contributed by atoms with Crippen LogP contribution in [0.2, 0.25) is 0 Å². The number of aliphatic hydroxyl groups is 1. The zero-order valence-corrected chi connectivity index (χ0v) is 71.0. The number of carbonyl (C=O) groups is 20. The monoisotopic (exact) mass is 1830 g/mol. The number of nitrogens with one attached hydrogen (secondary N) is 15.